The van der Waals surface area contributed by atoms with Gasteiger partial charge in [-0.25, -0.2) is 13.8 Å². The molecule has 0 aliphatic carbocycles. The lowest BCUT2D eigenvalue weighted by atomic mass is 10.1. The number of halogens is 2. The molecule has 0 saturated heterocycles. The van der Waals surface area contributed by atoms with Crippen LogP contribution < -0.4 is 5.32 Å². The Balaban J connectivity index is 2.58. The maximum absolute atomic E-state index is 13.2. The first-order valence-corrected chi connectivity index (χ1v) is 5.99. The molecule has 0 saturated carbocycles. The molecule has 1 heterocycles. The van der Waals surface area contributed by atoms with Crippen LogP contribution in [0.15, 0.2) is 18.2 Å². The summed E-state index contributed by atoms with van der Waals surface area (Å²) < 4.78 is 26.1. The second-order valence-electron chi connectivity index (χ2n) is 3.63. The van der Waals surface area contributed by atoms with Crippen molar-refractivity contribution in [2.75, 3.05) is 12.4 Å². The van der Waals surface area contributed by atoms with E-state index in [1.807, 2.05) is 0 Å². The van der Waals surface area contributed by atoms with Gasteiger partial charge in [0, 0.05) is 19.5 Å². The number of ketones is 1. The zero-order valence-electron chi connectivity index (χ0n) is 9.75. The van der Waals surface area contributed by atoms with Crippen LogP contribution in [-0.4, -0.2) is 17.8 Å². The molecule has 0 aliphatic rings. The monoisotopic (exact) mass is 268 g/mol. The molecule has 3 nitrogen and oxygen atoms in total. The number of anilines is 1. The number of carbonyl (C=O) groups is 1. The fraction of sp³-hybridized carbons (Fsp3) is 0.167. The van der Waals surface area contributed by atoms with Gasteiger partial charge in [0.25, 0.3) is 0 Å². The van der Waals surface area contributed by atoms with E-state index in [4.69, 9.17) is 0 Å². The third-order valence-electron chi connectivity index (χ3n) is 2.35. The molecule has 0 fully saturated rings. The van der Waals surface area contributed by atoms with E-state index < -0.39 is 11.6 Å². The lowest BCUT2D eigenvalue weighted by molar-refractivity contribution is 0.102. The number of aromatic nitrogens is 1. The van der Waals surface area contributed by atoms with Gasteiger partial charge in [-0.15, -0.1) is 0 Å². The standard InChI is InChI=1S/C12H10F2N2OS/c1-6(17)11-10(16-12(15-2)18-11)7-3-4-8(13)9(14)5-7/h3-5H,1-2H3,(H,15,16). The van der Waals surface area contributed by atoms with E-state index in [1.165, 1.54) is 24.3 Å². The largest absolute Gasteiger partial charge is 0.365 e. The number of benzene rings is 1. The van der Waals surface area contributed by atoms with Crippen LogP contribution >= 0.6 is 11.3 Å². The number of carbonyl (C=O) groups excluding carboxylic acids is 1. The van der Waals surface area contributed by atoms with Crippen molar-refractivity contribution in [2.24, 2.45) is 0 Å². The van der Waals surface area contributed by atoms with Crippen molar-refractivity contribution in [3.63, 3.8) is 0 Å². The van der Waals surface area contributed by atoms with E-state index in [0.717, 1.165) is 12.1 Å². The Morgan fingerprint density at radius 1 is 1.33 bits per heavy atom. The van der Waals surface area contributed by atoms with Gasteiger partial charge < -0.3 is 5.32 Å². The number of hydrogen-bond donors (Lipinski definition) is 1. The maximum Gasteiger partial charge on any atom is 0.183 e. The summed E-state index contributed by atoms with van der Waals surface area (Å²) in [5.74, 6) is -2.04. The molecule has 1 aromatic heterocycles. The minimum Gasteiger partial charge on any atom is -0.365 e. The van der Waals surface area contributed by atoms with E-state index in [0.29, 0.717) is 21.3 Å². The highest BCUT2D eigenvalue weighted by Crippen LogP contribution is 2.31. The Morgan fingerprint density at radius 3 is 2.61 bits per heavy atom. The van der Waals surface area contributed by atoms with E-state index in [9.17, 15) is 13.6 Å². The second-order valence-corrected chi connectivity index (χ2v) is 4.63. The highest BCUT2D eigenvalue weighted by atomic mass is 32.1. The fourth-order valence-electron chi connectivity index (χ4n) is 1.50. The van der Waals surface area contributed by atoms with Crippen molar-refractivity contribution in [1.29, 1.82) is 0 Å². The van der Waals surface area contributed by atoms with Crippen LogP contribution in [0.3, 0.4) is 0 Å². The number of hydrogen-bond acceptors (Lipinski definition) is 4. The summed E-state index contributed by atoms with van der Waals surface area (Å²) in [5.41, 5.74) is 0.757. The third kappa shape index (κ3) is 2.24. The summed E-state index contributed by atoms with van der Waals surface area (Å²) in [6.07, 6.45) is 0. The highest BCUT2D eigenvalue weighted by molar-refractivity contribution is 7.18. The quantitative estimate of drug-likeness (QED) is 0.868. The van der Waals surface area contributed by atoms with Gasteiger partial charge in [-0.05, 0) is 18.2 Å². The van der Waals surface area contributed by atoms with Crippen molar-refractivity contribution < 1.29 is 13.6 Å². The van der Waals surface area contributed by atoms with Gasteiger partial charge in [0.2, 0.25) is 0 Å². The molecule has 18 heavy (non-hydrogen) atoms. The number of nitrogens with zero attached hydrogens (tertiary/aromatic N) is 1. The molecular formula is C12H10F2N2OS. The van der Waals surface area contributed by atoms with Crippen LogP contribution in [0, 0.1) is 11.6 Å². The first-order valence-electron chi connectivity index (χ1n) is 5.18. The van der Waals surface area contributed by atoms with Gasteiger partial charge in [0.05, 0.1) is 10.6 Å². The summed E-state index contributed by atoms with van der Waals surface area (Å²) in [7, 11) is 1.68. The minimum atomic E-state index is -0.957. The van der Waals surface area contributed by atoms with Gasteiger partial charge in [0.15, 0.2) is 22.5 Å². The van der Waals surface area contributed by atoms with Crippen LogP contribution in [0.4, 0.5) is 13.9 Å². The molecule has 2 rings (SSSR count). The summed E-state index contributed by atoms with van der Waals surface area (Å²) in [4.78, 5) is 16.1. The molecule has 0 radical (unpaired) electrons. The van der Waals surface area contributed by atoms with Gasteiger partial charge in [0.1, 0.15) is 0 Å². The Hall–Kier alpha value is -1.82. The SMILES string of the molecule is CNc1nc(-c2ccc(F)c(F)c2)c(C(C)=O)s1. The average molecular weight is 268 g/mol. The van der Waals surface area contributed by atoms with Crippen molar-refractivity contribution in [3.05, 3.63) is 34.7 Å². The molecule has 0 spiro atoms. The van der Waals surface area contributed by atoms with Crippen molar-refractivity contribution in [2.45, 2.75) is 6.92 Å². The predicted octanol–water partition coefficient (Wildman–Crippen LogP) is 3.33. The first kappa shape index (κ1) is 12.6. The average Bonchev–Trinajstić information content (AvgIpc) is 2.77. The zero-order chi connectivity index (χ0) is 13.3. The van der Waals surface area contributed by atoms with Crippen LogP contribution in [0.2, 0.25) is 0 Å². The zero-order valence-corrected chi connectivity index (χ0v) is 10.6. The highest BCUT2D eigenvalue weighted by Gasteiger charge is 2.17. The molecule has 0 amide bonds. The van der Waals surface area contributed by atoms with Crippen LogP contribution in [0.25, 0.3) is 11.3 Å². The molecule has 2 aromatic rings. The second kappa shape index (κ2) is 4.81. The number of rotatable bonds is 3. The van der Waals surface area contributed by atoms with Crippen molar-refractivity contribution in [3.8, 4) is 11.3 Å². The normalized spacial score (nSPS) is 10.4. The molecule has 0 bridgehead atoms. The van der Waals surface area contributed by atoms with E-state index in [-0.39, 0.29) is 5.78 Å². The number of nitrogens with one attached hydrogen (secondary N) is 1. The Labute approximate surface area is 106 Å². The molecule has 0 atom stereocenters. The van der Waals surface area contributed by atoms with E-state index in [1.54, 1.807) is 7.05 Å². The van der Waals surface area contributed by atoms with Gasteiger partial charge in [-0.3, -0.25) is 4.79 Å². The van der Waals surface area contributed by atoms with Gasteiger partial charge in [-0.2, -0.15) is 0 Å². The molecule has 6 heteroatoms. The molecule has 94 valence electrons. The molecule has 1 N–H and O–H groups in total. The van der Waals surface area contributed by atoms with Crippen LogP contribution in [0.5, 0.6) is 0 Å². The van der Waals surface area contributed by atoms with Crippen molar-refractivity contribution in [1.82, 2.24) is 4.98 Å². The smallest absolute Gasteiger partial charge is 0.183 e. The van der Waals surface area contributed by atoms with E-state index >= 15 is 0 Å². The Kier molecular flexibility index (Phi) is 3.38. The first-order chi connectivity index (χ1) is 8.52. The predicted molar refractivity (Wildman–Crippen MR) is 67.0 cm³/mol. The molecular weight excluding hydrogens is 258 g/mol. The summed E-state index contributed by atoms with van der Waals surface area (Å²) in [6.45, 7) is 1.41. The number of thiazole rings is 1. The van der Waals surface area contributed by atoms with Crippen LogP contribution in [-0.2, 0) is 0 Å². The molecule has 1 aromatic carbocycles. The number of Topliss-reactive ketones (excluding diaryl/α,β-unsaturated/α-hetero) is 1. The topological polar surface area (TPSA) is 42.0 Å². The third-order valence-corrected chi connectivity index (χ3v) is 3.53. The summed E-state index contributed by atoms with van der Waals surface area (Å²) in [6, 6.07) is 3.46. The van der Waals surface area contributed by atoms with Crippen molar-refractivity contribution >= 4 is 22.3 Å². The summed E-state index contributed by atoms with van der Waals surface area (Å²) >= 11 is 1.18. The Bertz CT molecular complexity index is 610. The molecule has 0 aliphatic heterocycles. The van der Waals surface area contributed by atoms with Crippen LogP contribution in [0.1, 0.15) is 16.6 Å². The fourth-order valence-corrected chi connectivity index (χ4v) is 2.34. The molecule has 0 unspecified atom stereocenters. The lowest BCUT2D eigenvalue weighted by Crippen LogP contribution is -1.93. The maximum atomic E-state index is 13.2. The summed E-state index contributed by atoms with van der Waals surface area (Å²) in [5, 5.41) is 3.38. The van der Waals surface area contributed by atoms with Gasteiger partial charge >= 0.3 is 0 Å². The Morgan fingerprint density at radius 2 is 2.06 bits per heavy atom. The van der Waals surface area contributed by atoms with Gasteiger partial charge in [-0.1, -0.05) is 11.3 Å². The lowest BCUT2D eigenvalue weighted by Gasteiger charge is -2.00. The van der Waals surface area contributed by atoms with E-state index in [2.05, 4.69) is 10.3 Å². The minimum absolute atomic E-state index is 0.159.